The van der Waals surface area contributed by atoms with Crippen LogP contribution in [-0.4, -0.2) is 25.0 Å². The minimum atomic E-state index is -0.191. The number of methoxy groups -OCH3 is 2. The Labute approximate surface area is 159 Å². The number of nitrogens with one attached hydrogen (secondary N) is 1. The van der Waals surface area contributed by atoms with E-state index in [0.717, 1.165) is 0 Å². The number of aromatic nitrogens is 1. The molecule has 6 nitrogen and oxygen atoms in total. The maximum absolute atomic E-state index is 12.7. The van der Waals surface area contributed by atoms with E-state index < -0.39 is 0 Å². The fourth-order valence-corrected chi connectivity index (χ4v) is 3.41. The minimum Gasteiger partial charge on any atom is -0.497 e. The molecule has 0 bridgehead atoms. The second-order valence-corrected chi connectivity index (χ2v) is 6.67. The van der Waals surface area contributed by atoms with Gasteiger partial charge in [-0.25, -0.2) is 4.98 Å². The number of ether oxygens (including phenoxy) is 2. The van der Waals surface area contributed by atoms with Crippen molar-refractivity contribution in [2.45, 2.75) is 0 Å². The second-order valence-electron chi connectivity index (χ2n) is 5.27. The van der Waals surface area contributed by atoms with Gasteiger partial charge in [-0.3, -0.25) is 4.79 Å². The average molecular weight is 390 g/mol. The van der Waals surface area contributed by atoms with Gasteiger partial charge in [0.25, 0.3) is 0 Å². The standard InChI is InChI=1S/C18H16ClN3O3S/c1-24-12-6-3-10(4-7-12)15(23)16-17(20)22-18(26-16)21-11-5-8-14(25-2)13(19)9-11/h3-9H,20H2,1-2H3,(H,21,22). The van der Waals surface area contributed by atoms with Crippen LogP contribution in [0.5, 0.6) is 11.5 Å². The van der Waals surface area contributed by atoms with Crippen LogP contribution in [0.3, 0.4) is 0 Å². The summed E-state index contributed by atoms with van der Waals surface area (Å²) in [6.45, 7) is 0. The summed E-state index contributed by atoms with van der Waals surface area (Å²) in [6.07, 6.45) is 0. The highest BCUT2D eigenvalue weighted by atomic mass is 35.5. The van der Waals surface area contributed by atoms with Crippen molar-refractivity contribution in [3.05, 3.63) is 57.9 Å². The molecule has 0 unspecified atom stereocenters. The summed E-state index contributed by atoms with van der Waals surface area (Å²) >= 11 is 7.30. The van der Waals surface area contributed by atoms with Gasteiger partial charge < -0.3 is 20.5 Å². The Morgan fingerprint density at radius 1 is 1.15 bits per heavy atom. The van der Waals surface area contributed by atoms with Crippen molar-refractivity contribution in [2.75, 3.05) is 25.3 Å². The summed E-state index contributed by atoms with van der Waals surface area (Å²) in [5.41, 5.74) is 7.16. The number of anilines is 3. The number of carbonyl (C=O) groups excluding carboxylic acids is 1. The third-order valence-electron chi connectivity index (χ3n) is 3.61. The number of carbonyl (C=O) groups is 1. The SMILES string of the molecule is COc1ccc(C(=O)c2sc(Nc3ccc(OC)c(Cl)c3)nc2N)cc1. The Bertz CT molecular complexity index is 941. The van der Waals surface area contributed by atoms with Crippen molar-refractivity contribution in [3.8, 4) is 11.5 Å². The van der Waals surface area contributed by atoms with Crippen molar-refractivity contribution in [1.82, 2.24) is 4.98 Å². The zero-order valence-electron chi connectivity index (χ0n) is 14.1. The van der Waals surface area contributed by atoms with Crippen LogP contribution < -0.4 is 20.5 Å². The van der Waals surface area contributed by atoms with E-state index in [1.807, 2.05) is 0 Å². The largest absolute Gasteiger partial charge is 0.497 e. The molecule has 0 saturated carbocycles. The molecule has 0 aliphatic carbocycles. The number of nitrogen functional groups attached to an aromatic ring is 1. The molecule has 0 aliphatic rings. The summed E-state index contributed by atoms with van der Waals surface area (Å²) in [4.78, 5) is 17.3. The smallest absolute Gasteiger partial charge is 0.206 e. The van der Waals surface area contributed by atoms with Crippen LogP contribution in [0, 0.1) is 0 Å². The molecule has 8 heteroatoms. The molecule has 2 aromatic carbocycles. The monoisotopic (exact) mass is 389 g/mol. The lowest BCUT2D eigenvalue weighted by atomic mass is 10.1. The predicted molar refractivity (Wildman–Crippen MR) is 104 cm³/mol. The van der Waals surface area contributed by atoms with Crippen molar-refractivity contribution in [2.24, 2.45) is 0 Å². The highest BCUT2D eigenvalue weighted by Crippen LogP contribution is 2.32. The first kappa shape index (κ1) is 18.0. The van der Waals surface area contributed by atoms with E-state index in [0.29, 0.717) is 37.8 Å². The van der Waals surface area contributed by atoms with Crippen LogP contribution in [0.1, 0.15) is 15.2 Å². The van der Waals surface area contributed by atoms with Crippen LogP contribution in [0.2, 0.25) is 5.02 Å². The average Bonchev–Trinajstić information content (AvgIpc) is 3.01. The molecule has 3 aromatic rings. The molecule has 0 saturated heterocycles. The van der Waals surface area contributed by atoms with E-state index in [1.165, 1.54) is 11.3 Å². The summed E-state index contributed by atoms with van der Waals surface area (Å²) in [7, 11) is 3.12. The maximum Gasteiger partial charge on any atom is 0.206 e. The maximum atomic E-state index is 12.7. The molecule has 0 spiro atoms. The number of halogens is 1. The molecule has 1 heterocycles. The first-order chi connectivity index (χ1) is 12.5. The third-order valence-corrected chi connectivity index (χ3v) is 4.90. The molecule has 0 amide bonds. The molecule has 134 valence electrons. The fraction of sp³-hybridized carbons (Fsp3) is 0.111. The molecule has 0 aliphatic heterocycles. The number of hydrogen-bond acceptors (Lipinski definition) is 7. The summed E-state index contributed by atoms with van der Waals surface area (Å²) < 4.78 is 10.2. The van der Waals surface area contributed by atoms with E-state index in [1.54, 1.807) is 56.7 Å². The highest BCUT2D eigenvalue weighted by molar-refractivity contribution is 7.18. The van der Waals surface area contributed by atoms with Crippen molar-refractivity contribution < 1.29 is 14.3 Å². The van der Waals surface area contributed by atoms with E-state index in [4.69, 9.17) is 26.8 Å². The van der Waals surface area contributed by atoms with Gasteiger partial charge in [-0.2, -0.15) is 0 Å². The van der Waals surface area contributed by atoms with E-state index in [2.05, 4.69) is 10.3 Å². The number of nitrogens with zero attached hydrogens (tertiary/aromatic N) is 1. The van der Waals surface area contributed by atoms with E-state index >= 15 is 0 Å². The molecule has 1 aromatic heterocycles. The Kier molecular flexibility index (Phi) is 5.29. The van der Waals surface area contributed by atoms with Crippen LogP contribution in [-0.2, 0) is 0 Å². The number of rotatable bonds is 6. The Hall–Kier alpha value is -2.77. The Morgan fingerprint density at radius 3 is 2.50 bits per heavy atom. The topological polar surface area (TPSA) is 86.5 Å². The van der Waals surface area contributed by atoms with Crippen LogP contribution in [0.15, 0.2) is 42.5 Å². The Balaban J connectivity index is 1.82. The van der Waals surface area contributed by atoms with Crippen LogP contribution in [0.25, 0.3) is 0 Å². The molecular weight excluding hydrogens is 374 g/mol. The van der Waals surface area contributed by atoms with E-state index in [-0.39, 0.29) is 11.6 Å². The highest BCUT2D eigenvalue weighted by Gasteiger charge is 2.18. The van der Waals surface area contributed by atoms with Gasteiger partial charge in [0.15, 0.2) is 5.13 Å². The summed E-state index contributed by atoms with van der Waals surface area (Å²) in [6, 6.07) is 12.1. The van der Waals surface area contributed by atoms with Crippen molar-refractivity contribution in [3.63, 3.8) is 0 Å². The number of ketones is 1. The third kappa shape index (κ3) is 3.74. The van der Waals surface area contributed by atoms with Gasteiger partial charge in [0.2, 0.25) is 5.78 Å². The Morgan fingerprint density at radius 2 is 1.88 bits per heavy atom. The van der Waals surface area contributed by atoms with Crippen molar-refractivity contribution >= 4 is 45.4 Å². The van der Waals surface area contributed by atoms with Crippen LogP contribution >= 0.6 is 22.9 Å². The lowest BCUT2D eigenvalue weighted by Crippen LogP contribution is -2.02. The number of nitrogens with two attached hydrogens (primary N) is 1. The van der Waals surface area contributed by atoms with E-state index in [9.17, 15) is 4.79 Å². The quantitative estimate of drug-likeness (QED) is 0.609. The zero-order valence-corrected chi connectivity index (χ0v) is 15.6. The lowest BCUT2D eigenvalue weighted by molar-refractivity contribution is 0.104. The lowest BCUT2D eigenvalue weighted by Gasteiger charge is -2.06. The van der Waals surface area contributed by atoms with Gasteiger partial charge in [0.1, 0.15) is 22.2 Å². The molecule has 26 heavy (non-hydrogen) atoms. The molecule has 0 fully saturated rings. The van der Waals surface area contributed by atoms with Gasteiger partial charge >= 0.3 is 0 Å². The zero-order chi connectivity index (χ0) is 18.7. The van der Waals surface area contributed by atoms with Crippen molar-refractivity contribution in [1.29, 1.82) is 0 Å². The van der Waals surface area contributed by atoms with Gasteiger partial charge in [-0.1, -0.05) is 22.9 Å². The first-order valence-corrected chi connectivity index (χ1v) is 8.77. The molecule has 3 rings (SSSR count). The molecular formula is C18H16ClN3O3S. The number of benzene rings is 2. The second kappa shape index (κ2) is 7.63. The molecule has 3 N–H and O–H groups in total. The molecule has 0 radical (unpaired) electrons. The van der Waals surface area contributed by atoms with Gasteiger partial charge in [-0.15, -0.1) is 0 Å². The molecule has 0 atom stereocenters. The van der Waals surface area contributed by atoms with Gasteiger partial charge in [0.05, 0.1) is 19.2 Å². The normalized spacial score (nSPS) is 10.4. The number of thiazole rings is 1. The van der Waals surface area contributed by atoms with Gasteiger partial charge in [0, 0.05) is 11.3 Å². The summed E-state index contributed by atoms with van der Waals surface area (Å²) in [5, 5.41) is 4.07. The number of hydrogen-bond donors (Lipinski definition) is 2. The predicted octanol–water partition coefficient (Wildman–Crippen LogP) is 4.37. The van der Waals surface area contributed by atoms with Gasteiger partial charge in [-0.05, 0) is 42.5 Å². The fourth-order valence-electron chi connectivity index (χ4n) is 2.29. The van der Waals surface area contributed by atoms with Crippen LogP contribution in [0.4, 0.5) is 16.6 Å². The minimum absolute atomic E-state index is 0.179. The first-order valence-electron chi connectivity index (χ1n) is 7.57. The summed E-state index contributed by atoms with van der Waals surface area (Å²) in [5.74, 6) is 1.24.